The zero-order valence-corrected chi connectivity index (χ0v) is 18.1. The maximum atomic E-state index is 13.2. The van der Waals surface area contributed by atoms with Crippen LogP contribution < -0.4 is 9.47 Å². The van der Waals surface area contributed by atoms with Gasteiger partial charge < -0.3 is 14.0 Å². The molecule has 1 aromatic heterocycles. The molecule has 0 radical (unpaired) electrons. The van der Waals surface area contributed by atoms with Gasteiger partial charge in [-0.05, 0) is 24.6 Å². The molecule has 0 N–H and O–H groups in total. The second-order valence-electron chi connectivity index (χ2n) is 7.37. The fourth-order valence-corrected chi connectivity index (χ4v) is 5.40. The third kappa shape index (κ3) is 3.68. The Morgan fingerprint density at radius 1 is 1.07 bits per heavy atom. The lowest BCUT2D eigenvalue weighted by Gasteiger charge is -2.38. The van der Waals surface area contributed by atoms with Crippen LogP contribution in [0.4, 0.5) is 0 Å². The molecule has 158 valence electrons. The van der Waals surface area contributed by atoms with Crippen molar-refractivity contribution < 1.29 is 17.9 Å². The lowest BCUT2D eigenvalue weighted by molar-refractivity contribution is 0.250. The lowest BCUT2D eigenvalue weighted by atomic mass is 10.0. The van der Waals surface area contributed by atoms with Crippen molar-refractivity contribution in [3.63, 3.8) is 0 Å². The van der Waals surface area contributed by atoms with E-state index in [1.165, 1.54) is 30.2 Å². The minimum absolute atomic E-state index is 0.0498. The molecule has 2 heterocycles. The second kappa shape index (κ2) is 8.12. The van der Waals surface area contributed by atoms with Crippen molar-refractivity contribution in [2.75, 3.05) is 27.3 Å². The van der Waals surface area contributed by atoms with Crippen LogP contribution in [0, 0.1) is 6.92 Å². The van der Waals surface area contributed by atoms with Crippen molar-refractivity contribution >= 4 is 10.0 Å². The fraction of sp³-hybridized carbons (Fsp3) is 0.318. The van der Waals surface area contributed by atoms with Gasteiger partial charge >= 0.3 is 0 Å². The Morgan fingerprint density at radius 3 is 2.47 bits per heavy atom. The summed E-state index contributed by atoms with van der Waals surface area (Å²) in [6.07, 6.45) is 1.85. The van der Waals surface area contributed by atoms with E-state index in [4.69, 9.17) is 9.47 Å². The third-order valence-electron chi connectivity index (χ3n) is 5.47. The molecule has 0 saturated carbocycles. The summed E-state index contributed by atoms with van der Waals surface area (Å²) in [4.78, 5) is 4.70. The maximum Gasteiger partial charge on any atom is 0.246 e. The van der Waals surface area contributed by atoms with E-state index >= 15 is 0 Å². The molecular formula is C22H25N3O4S. The van der Waals surface area contributed by atoms with Gasteiger partial charge in [-0.1, -0.05) is 30.3 Å². The molecule has 7 nitrogen and oxygen atoms in total. The van der Waals surface area contributed by atoms with Crippen LogP contribution in [0.1, 0.15) is 23.0 Å². The number of rotatable bonds is 7. The summed E-state index contributed by atoms with van der Waals surface area (Å²) in [7, 11) is -0.724. The number of nitrogens with zero attached hydrogens (tertiary/aromatic N) is 3. The largest absolute Gasteiger partial charge is 0.497 e. The Balaban J connectivity index is 1.55. The maximum absolute atomic E-state index is 13.2. The van der Waals surface area contributed by atoms with Crippen LogP contribution in [0.15, 0.2) is 59.6 Å². The van der Waals surface area contributed by atoms with Crippen LogP contribution in [0.25, 0.3) is 0 Å². The first-order valence-electron chi connectivity index (χ1n) is 9.72. The van der Waals surface area contributed by atoms with E-state index in [1.54, 1.807) is 12.1 Å². The van der Waals surface area contributed by atoms with Crippen molar-refractivity contribution in [2.45, 2.75) is 24.3 Å². The number of hydrogen-bond donors (Lipinski definition) is 0. The molecule has 0 amide bonds. The number of benzene rings is 2. The van der Waals surface area contributed by atoms with Gasteiger partial charge in [-0.15, -0.1) is 0 Å². The first kappa shape index (κ1) is 20.4. The zero-order valence-electron chi connectivity index (χ0n) is 17.3. The highest BCUT2D eigenvalue weighted by molar-refractivity contribution is 7.89. The molecule has 2 aromatic carbocycles. The van der Waals surface area contributed by atoms with Crippen molar-refractivity contribution in [1.82, 2.24) is 13.9 Å². The van der Waals surface area contributed by atoms with Crippen molar-refractivity contribution in [1.29, 1.82) is 0 Å². The number of aryl methyl sites for hydroxylation is 1. The topological polar surface area (TPSA) is 73.7 Å². The zero-order chi connectivity index (χ0) is 21.3. The smallest absolute Gasteiger partial charge is 0.246 e. The summed E-state index contributed by atoms with van der Waals surface area (Å²) in [5.74, 6) is 1.75. The summed E-state index contributed by atoms with van der Waals surface area (Å²) in [5.41, 5.74) is 2.24. The Kier molecular flexibility index (Phi) is 5.53. The van der Waals surface area contributed by atoms with Gasteiger partial charge in [-0.25, -0.2) is 13.4 Å². The quantitative estimate of drug-likeness (QED) is 0.579. The Labute approximate surface area is 176 Å². The SMILES string of the molecule is COc1ccc(OC)c(S(=O)(=O)N2CC(c3ncc(C)n3Cc3ccccc3)C2)c1. The monoisotopic (exact) mass is 427 g/mol. The molecule has 4 rings (SSSR count). The van der Waals surface area contributed by atoms with Crippen LogP contribution in [-0.2, 0) is 16.6 Å². The van der Waals surface area contributed by atoms with Gasteiger partial charge in [0.15, 0.2) is 0 Å². The molecule has 1 aliphatic heterocycles. The van der Waals surface area contributed by atoms with Crippen LogP contribution in [0.5, 0.6) is 11.5 Å². The van der Waals surface area contributed by atoms with Gasteiger partial charge in [0.1, 0.15) is 22.2 Å². The van der Waals surface area contributed by atoms with Gasteiger partial charge in [0.2, 0.25) is 10.0 Å². The predicted molar refractivity (Wildman–Crippen MR) is 114 cm³/mol. The number of aromatic nitrogens is 2. The summed E-state index contributed by atoms with van der Waals surface area (Å²) in [6.45, 7) is 3.50. The summed E-state index contributed by atoms with van der Waals surface area (Å²) < 4.78 is 40.5. The van der Waals surface area contributed by atoms with E-state index < -0.39 is 10.0 Å². The summed E-state index contributed by atoms with van der Waals surface area (Å²) >= 11 is 0. The van der Waals surface area contributed by atoms with Crippen molar-refractivity contribution in [3.8, 4) is 11.5 Å². The molecule has 0 atom stereocenters. The lowest BCUT2D eigenvalue weighted by Crippen LogP contribution is -2.49. The number of methoxy groups -OCH3 is 2. The van der Waals surface area contributed by atoms with E-state index in [9.17, 15) is 8.42 Å². The van der Waals surface area contributed by atoms with Gasteiger partial charge in [-0.3, -0.25) is 0 Å². The van der Waals surface area contributed by atoms with E-state index in [0.29, 0.717) is 24.6 Å². The van der Waals surface area contributed by atoms with Crippen LogP contribution in [-0.4, -0.2) is 49.6 Å². The van der Waals surface area contributed by atoms with Crippen LogP contribution in [0.2, 0.25) is 0 Å². The Morgan fingerprint density at radius 2 is 1.80 bits per heavy atom. The number of sulfonamides is 1. The highest BCUT2D eigenvalue weighted by Gasteiger charge is 2.41. The minimum atomic E-state index is -3.69. The van der Waals surface area contributed by atoms with Crippen molar-refractivity contribution in [2.24, 2.45) is 0 Å². The first-order chi connectivity index (χ1) is 14.4. The normalized spacial score (nSPS) is 15.0. The van der Waals surface area contributed by atoms with E-state index in [-0.39, 0.29) is 10.8 Å². The van der Waals surface area contributed by atoms with Crippen molar-refractivity contribution in [3.05, 3.63) is 71.8 Å². The molecule has 0 bridgehead atoms. The van der Waals surface area contributed by atoms with E-state index in [0.717, 1.165) is 18.1 Å². The fourth-order valence-electron chi connectivity index (χ4n) is 3.70. The van der Waals surface area contributed by atoms with Gasteiger partial charge in [-0.2, -0.15) is 4.31 Å². The molecule has 0 unspecified atom stereocenters. The molecular weight excluding hydrogens is 402 g/mol. The average Bonchev–Trinajstić information content (AvgIpc) is 3.07. The predicted octanol–water partition coefficient (Wildman–Crippen LogP) is 3.05. The summed E-state index contributed by atoms with van der Waals surface area (Å²) in [6, 6.07) is 15.0. The molecule has 1 saturated heterocycles. The summed E-state index contributed by atoms with van der Waals surface area (Å²) in [5, 5.41) is 0. The standard InChI is InChI=1S/C22H25N3O4S/c1-16-12-23-22(25(16)13-17-7-5-4-6-8-17)18-14-24(15-18)30(26,27)21-11-19(28-2)9-10-20(21)29-3/h4-12,18H,13-15H2,1-3H3. The molecule has 0 spiro atoms. The number of hydrogen-bond acceptors (Lipinski definition) is 5. The van der Waals surface area contributed by atoms with Crippen LogP contribution in [0.3, 0.4) is 0 Å². The van der Waals surface area contributed by atoms with Gasteiger partial charge in [0, 0.05) is 43.5 Å². The third-order valence-corrected chi connectivity index (χ3v) is 7.32. The highest BCUT2D eigenvalue weighted by atomic mass is 32.2. The van der Waals surface area contributed by atoms with Gasteiger partial charge in [0.05, 0.1) is 14.2 Å². The highest BCUT2D eigenvalue weighted by Crippen LogP contribution is 2.36. The number of imidazole rings is 1. The molecule has 1 fully saturated rings. The second-order valence-corrected chi connectivity index (χ2v) is 9.27. The molecule has 8 heteroatoms. The Hall–Kier alpha value is -2.84. The first-order valence-corrected chi connectivity index (χ1v) is 11.2. The minimum Gasteiger partial charge on any atom is -0.497 e. The molecule has 0 aliphatic carbocycles. The molecule has 3 aromatic rings. The van der Waals surface area contributed by atoms with E-state index in [2.05, 4.69) is 21.7 Å². The molecule has 30 heavy (non-hydrogen) atoms. The van der Waals surface area contributed by atoms with E-state index in [1.807, 2.05) is 31.3 Å². The molecule has 1 aliphatic rings. The average molecular weight is 428 g/mol. The van der Waals surface area contributed by atoms with Crippen LogP contribution >= 0.6 is 0 Å². The number of ether oxygens (including phenoxy) is 2. The Bertz CT molecular complexity index is 1140. The van der Waals surface area contributed by atoms with Gasteiger partial charge in [0.25, 0.3) is 0 Å².